The van der Waals surface area contributed by atoms with Crippen molar-refractivity contribution in [3.63, 3.8) is 0 Å². The van der Waals surface area contributed by atoms with Gasteiger partial charge in [0.15, 0.2) is 0 Å². The number of carbonyl (C=O) groups excluding carboxylic acids is 1. The molecule has 0 spiro atoms. The highest BCUT2D eigenvalue weighted by Crippen LogP contribution is 2.23. The standard InChI is InChI=1S/C16H24N2O3/c1-3-15(19)12-5-7-13(8-6-12)18-9-10-21-11-14(18)16(20)17-4-2/h5-8,14-15,19H,3-4,9-11H2,1-2H3,(H,17,20)/t14?,15-/m0/s1. The molecule has 1 aliphatic heterocycles. The number of nitrogens with zero attached hydrogens (tertiary/aromatic N) is 1. The quantitative estimate of drug-likeness (QED) is 0.863. The molecule has 1 unspecified atom stereocenters. The second-order valence-corrected chi connectivity index (χ2v) is 5.19. The Bertz CT molecular complexity index is 461. The molecule has 116 valence electrons. The highest BCUT2D eigenvalue weighted by molar-refractivity contribution is 5.85. The number of hydrogen-bond acceptors (Lipinski definition) is 4. The molecule has 0 aliphatic carbocycles. The van der Waals surface area contributed by atoms with E-state index in [0.717, 1.165) is 11.3 Å². The Morgan fingerprint density at radius 2 is 2.14 bits per heavy atom. The summed E-state index contributed by atoms with van der Waals surface area (Å²) in [6, 6.07) is 7.49. The lowest BCUT2D eigenvalue weighted by Crippen LogP contribution is -2.54. The number of nitrogens with one attached hydrogen (secondary N) is 1. The number of carbonyl (C=O) groups is 1. The summed E-state index contributed by atoms with van der Waals surface area (Å²) < 4.78 is 5.44. The monoisotopic (exact) mass is 292 g/mol. The number of hydrogen-bond donors (Lipinski definition) is 2. The summed E-state index contributed by atoms with van der Waals surface area (Å²) in [4.78, 5) is 14.2. The predicted molar refractivity (Wildman–Crippen MR) is 82.3 cm³/mol. The maximum absolute atomic E-state index is 12.1. The molecule has 1 aliphatic rings. The Morgan fingerprint density at radius 1 is 1.43 bits per heavy atom. The number of likely N-dealkylation sites (N-methyl/N-ethyl adjacent to an activating group) is 1. The van der Waals surface area contributed by atoms with E-state index in [9.17, 15) is 9.90 Å². The lowest BCUT2D eigenvalue weighted by molar-refractivity contribution is -0.124. The van der Waals surface area contributed by atoms with Gasteiger partial charge in [0.1, 0.15) is 6.04 Å². The Labute approximate surface area is 125 Å². The average molecular weight is 292 g/mol. The van der Waals surface area contributed by atoms with Gasteiger partial charge in [-0.1, -0.05) is 19.1 Å². The maximum Gasteiger partial charge on any atom is 0.245 e. The zero-order chi connectivity index (χ0) is 15.2. The number of amides is 1. The predicted octanol–water partition coefficient (Wildman–Crippen LogP) is 1.47. The van der Waals surface area contributed by atoms with Crippen LogP contribution in [0.15, 0.2) is 24.3 Å². The Hall–Kier alpha value is -1.59. The van der Waals surface area contributed by atoms with E-state index in [1.54, 1.807) is 0 Å². The average Bonchev–Trinajstić information content (AvgIpc) is 2.54. The summed E-state index contributed by atoms with van der Waals surface area (Å²) in [6.45, 7) is 6.20. The summed E-state index contributed by atoms with van der Waals surface area (Å²) in [5.41, 5.74) is 1.89. The van der Waals surface area contributed by atoms with E-state index in [0.29, 0.717) is 32.7 Å². The van der Waals surface area contributed by atoms with Crippen molar-refractivity contribution >= 4 is 11.6 Å². The summed E-state index contributed by atoms with van der Waals surface area (Å²) in [6.07, 6.45) is 0.265. The molecule has 0 bridgehead atoms. The van der Waals surface area contributed by atoms with Gasteiger partial charge in [0, 0.05) is 18.8 Å². The molecule has 5 nitrogen and oxygen atoms in total. The first kappa shape index (κ1) is 15.8. The fourth-order valence-corrected chi connectivity index (χ4v) is 2.55. The molecule has 1 fully saturated rings. The largest absolute Gasteiger partial charge is 0.388 e. The molecule has 1 saturated heterocycles. The molecule has 5 heteroatoms. The number of morpholine rings is 1. The second kappa shape index (κ2) is 7.43. The van der Waals surface area contributed by atoms with E-state index in [1.807, 2.05) is 38.1 Å². The van der Waals surface area contributed by atoms with Gasteiger partial charge in [-0.15, -0.1) is 0 Å². The smallest absolute Gasteiger partial charge is 0.245 e. The van der Waals surface area contributed by atoms with Crippen LogP contribution < -0.4 is 10.2 Å². The summed E-state index contributed by atoms with van der Waals surface area (Å²) in [7, 11) is 0. The topological polar surface area (TPSA) is 61.8 Å². The van der Waals surface area contributed by atoms with Crippen molar-refractivity contribution in [2.45, 2.75) is 32.4 Å². The van der Waals surface area contributed by atoms with Gasteiger partial charge in [0.05, 0.1) is 19.3 Å². The first-order chi connectivity index (χ1) is 10.2. The second-order valence-electron chi connectivity index (χ2n) is 5.19. The number of aliphatic hydroxyl groups excluding tert-OH is 1. The number of rotatable bonds is 5. The summed E-state index contributed by atoms with van der Waals surface area (Å²) in [5, 5.41) is 12.7. The van der Waals surface area contributed by atoms with Gasteiger partial charge in [-0.25, -0.2) is 0 Å². The first-order valence-corrected chi connectivity index (χ1v) is 7.57. The van der Waals surface area contributed by atoms with E-state index in [1.165, 1.54) is 0 Å². The van der Waals surface area contributed by atoms with Crippen molar-refractivity contribution < 1.29 is 14.6 Å². The van der Waals surface area contributed by atoms with Crippen molar-refractivity contribution in [2.24, 2.45) is 0 Å². The minimum Gasteiger partial charge on any atom is -0.388 e. The number of ether oxygens (including phenoxy) is 1. The SMILES string of the molecule is CCNC(=O)C1COCCN1c1ccc([C@@H](O)CC)cc1. The third kappa shape index (κ3) is 3.74. The minimum absolute atomic E-state index is 0.00475. The molecule has 1 heterocycles. The van der Waals surface area contributed by atoms with Crippen LogP contribution in [0.1, 0.15) is 31.9 Å². The lowest BCUT2D eigenvalue weighted by atomic mass is 10.1. The molecule has 1 aromatic rings. The first-order valence-electron chi connectivity index (χ1n) is 7.57. The van der Waals surface area contributed by atoms with E-state index >= 15 is 0 Å². The van der Waals surface area contributed by atoms with Crippen LogP contribution in [-0.4, -0.2) is 43.4 Å². The van der Waals surface area contributed by atoms with Crippen LogP contribution in [0.2, 0.25) is 0 Å². The third-order valence-corrected chi connectivity index (χ3v) is 3.78. The van der Waals surface area contributed by atoms with Gasteiger partial charge >= 0.3 is 0 Å². The van der Waals surface area contributed by atoms with E-state index < -0.39 is 6.10 Å². The van der Waals surface area contributed by atoms with Gasteiger partial charge in [0.2, 0.25) is 5.91 Å². The van der Waals surface area contributed by atoms with Gasteiger partial charge in [0.25, 0.3) is 0 Å². The zero-order valence-corrected chi connectivity index (χ0v) is 12.7. The lowest BCUT2D eigenvalue weighted by Gasteiger charge is -2.36. The van der Waals surface area contributed by atoms with E-state index in [2.05, 4.69) is 10.2 Å². The van der Waals surface area contributed by atoms with Crippen LogP contribution in [-0.2, 0) is 9.53 Å². The van der Waals surface area contributed by atoms with Crippen LogP contribution in [0.25, 0.3) is 0 Å². The van der Waals surface area contributed by atoms with E-state index in [4.69, 9.17) is 4.74 Å². The number of aliphatic hydroxyl groups is 1. The summed E-state index contributed by atoms with van der Waals surface area (Å²) in [5.74, 6) is -0.00475. The van der Waals surface area contributed by atoms with Gasteiger partial charge in [-0.2, -0.15) is 0 Å². The number of anilines is 1. The van der Waals surface area contributed by atoms with Crippen molar-refractivity contribution in [1.29, 1.82) is 0 Å². The summed E-state index contributed by atoms with van der Waals surface area (Å²) >= 11 is 0. The normalized spacial score (nSPS) is 20.1. The molecule has 1 amide bonds. The van der Waals surface area contributed by atoms with Crippen LogP contribution in [0.5, 0.6) is 0 Å². The highest BCUT2D eigenvalue weighted by Gasteiger charge is 2.29. The maximum atomic E-state index is 12.1. The molecular formula is C16H24N2O3. The van der Waals surface area contributed by atoms with Crippen molar-refractivity contribution in [3.8, 4) is 0 Å². The van der Waals surface area contributed by atoms with Crippen LogP contribution >= 0.6 is 0 Å². The van der Waals surface area contributed by atoms with Crippen molar-refractivity contribution in [2.75, 3.05) is 31.2 Å². The van der Waals surface area contributed by atoms with Crippen LogP contribution in [0.4, 0.5) is 5.69 Å². The van der Waals surface area contributed by atoms with Gasteiger partial charge < -0.3 is 20.1 Å². The van der Waals surface area contributed by atoms with Crippen LogP contribution in [0, 0.1) is 0 Å². The fourth-order valence-electron chi connectivity index (χ4n) is 2.55. The van der Waals surface area contributed by atoms with Gasteiger partial charge in [-0.05, 0) is 31.0 Å². The Morgan fingerprint density at radius 3 is 2.76 bits per heavy atom. The highest BCUT2D eigenvalue weighted by atomic mass is 16.5. The molecule has 2 rings (SSSR count). The fraction of sp³-hybridized carbons (Fsp3) is 0.562. The zero-order valence-electron chi connectivity index (χ0n) is 12.7. The minimum atomic E-state index is -0.428. The van der Waals surface area contributed by atoms with Gasteiger partial charge in [-0.3, -0.25) is 4.79 Å². The molecule has 0 saturated carbocycles. The van der Waals surface area contributed by atoms with Crippen LogP contribution in [0.3, 0.4) is 0 Å². The number of benzene rings is 1. The Balaban J connectivity index is 2.15. The molecule has 0 aromatic heterocycles. The Kier molecular flexibility index (Phi) is 5.59. The third-order valence-electron chi connectivity index (χ3n) is 3.78. The molecule has 21 heavy (non-hydrogen) atoms. The molecule has 2 atom stereocenters. The molecule has 2 N–H and O–H groups in total. The van der Waals surface area contributed by atoms with Crippen molar-refractivity contribution in [3.05, 3.63) is 29.8 Å². The molecular weight excluding hydrogens is 268 g/mol. The molecule has 0 radical (unpaired) electrons. The van der Waals surface area contributed by atoms with E-state index in [-0.39, 0.29) is 11.9 Å². The molecule has 1 aromatic carbocycles. The van der Waals surface area contributed by atoms with Crippen molar-refractivity contribution in [1.82, 2.24) is 5.32 Å².